The highest BCUT2D eigenvalue weighted by atomic mass is 32.2. The molecule has 1 aromatic carbocycles. The predicted octanol–water partition coefficient (Wildman–Crippen LogP) is 1.37. The molecule has 2 atom stereocenters. The van der Waals surface area contributed by atoms with Crippen molar-refractivity contribution in [2.75, 3.05) is 18.8 Å². The Bertz CT molecular complexity index is 803. The molecule has 2 aliphatic heterocycles. The maximum atomic E-state index is 12.6. The van der Waals surface area contributed by atoms with Crippen molar-refractivity contribution in [3.05, 3.63) is 41.3 Å². The van der Waals surface area contributed by atoms with Crippen LogP contribution >= 0.6 is 11.8 Å². The zero-order valence-electron chi connectivity index (χ0n) is 16.5. The van der Waals surface area contributed by atoms with E-state index in [2.05, 4.69) is 17.6 Å². The number of carbonyl (C=O) groups is 1. The minimum Gasteiger partial charge on any atom is -0.348 e. The van der Waals surface area contributed by atoms with Crippen molar-refractivity contribution >= 4 is 33.8 Å². The van der Waals surface area contributed by atoms with Crippen molar-refractivity contribution < 1.29 is 18.5 Å². The summed E-state index contributed by atoms with van der Waals surface area (Å²) in [5, 5.41) is 6.53. The third-order valence-corrected chi connectivity index (χ3v) is 8.76. The number of nitrogens with one attached hydrogen (secondary N) is 1. The summed E-state index contributed by atoms with van der Waals surface area (Å²) < 4.78 is 26.8. The lowest BCUT2D eigenvalue weighted by atomic mass is 10.0. The van der Waals surface area contributed by atoms with Gasteiger partial charge in [-0.15, -0.1) is 0 Å². The van der Waals surface area contributed by atoms with Crippen LogP contribution in [-0.2, 0) is 14.8 Å². The molecule has 154 valence electrons. The van der Waals surface area contributed by atoms with Gasteiger partial charge < -0.3 is 10.6 Å². The van der Waals surface area contributed by atoms with Crippen LogP contribution in [0.5, 0.6) is 0 Å². The third kappa shape index (κ3) is 5.17. The van der Waals surface area contributed by atoms with Crippen LogP contribution in [0.2, 0.25) is 0 Å². The van der Waals surface area contributed by atoms with Crippen molar-refractivity contribution in [3.63, 3.8) is 0 Å². The molecule has 0 saturated carbocycles. The highest BCUT2D eigenvalue weighted by Gasteiger charge is 2.49. The van der Waals surface area contributed by atoms with Crippen LogP contribution in [-0.4, -0.2) is 54.4 Å². The summed E-state index contributed by atoms with van der Waals surface area (Å²) in [6.45, 7) is 5.05. The van der Waals surface area contributed by atoms with Gasteiger partial charge in [0.1, 0.15) is 4.87 Å². The van der Waals surface area contributed by atoms with Gasteiger partial charge in [0.05, 0.1) is 5.75 Å². The first-order chi connectivity index (χ1) is 13.3. The van der Waals surface area contributed by atoms with E-state index in [0.717, 1.165) is 30.6 Å². The summed E-state index contributed by atoms with van der Waals surface area (Å²) in [5.41, 5.74) is 0.870. The zero-order valence-corrected chi connectivity index (χ0v) is 18.1. The molecule has 0 unspecified atom stereocenters. The number of carbonyl (C=O) groups excluding carboxylic acids is 1. The molecular weight excluding hydrogens is 394 g/mol. The number of quaternary nitrogens is 1. The first kappa shape index (κ1) is 21.4. The average molecular weight is 425 g/mol. The zero-order chi connectivity index (χ0) is 20.2. The van der Waals surface area contributed by atoms with Gasteiger partial charge in [0.2, 0.25) is 10.0 Å². The Hall–Kier alpha value is -1.35. The van der Waals surface area contributed by atoms with Gasteiger partial charge in [-0.25, -0.2) is 8.42 Å². The van der Waals surface area contributed by atoms with Gasteiger partial charge in [0.15, 0.2) is 6.04 Å². The van der Waals surface area contributed by atoms with Crippen molar-refractivity contribution in [2.45, 2.75) is 50.1 Å². The van der Waals surface area contributed by atoms with Gasteiger partial charge >= 0.3 is 0 Å². The maximum Gasteiger partial charge on any atom is 0.279 e. The summed E-state index contributed by atoms with van der Waals surface area (Å²) in [5.74, 6) is 0.878. The van der Waals surface area contributed by atoms with Crippen LogP contribution in [0.4, 0.5) is 0 Å². The van der Waals surface area contributed by atoms with E-state index in [1.165, 1.54) is 5.41 Å². The summed E-state index contributed by atoms with van der Waals surface area (Å²) >= 11 is 1.80. The Balaban J connectivity index is 1.55. The number of hydrogen-bond acceptors (Lipinski definition) is 4. The van der Waals surface area contributed by atoms with E-state index in [1.807, 2.05) is 37.3 Å². The standard InChI is InChI=1S/C20H29N3O3S2/c1-3-16(2)21-19(24)18-15-27-20(22-18)10-12-23(13-11-20)28(25,26)14-9-17-7-5-4-6-8-17/h4-9,14,16,18,22H,3,10-13,15H2,1-2H3,(H,21,24)/p+1/b14-9+/t16-,18-/m1/s1. The molecule has 1 spiro atoms. The molecule has 0 aromatic heterocycles. The quantitative estimate of drug-likeness (QED) is 0.723. The van der Waals surface area contributed by atoms with Crippen LogP contribution in [0.3, 0.4) is 0 Å². The molecule has 2 aliphatic rings. The maximum absolute atomic E-state index is 12.6. The lowest BCUT2D eigenvalue weighted by Gasteiger charge is -2.35. The van der Waals surface area contributed by atoms with Crippen LogP contribution in [0, 0.1) is 0 Å². The summed E-state index contributed by atoms with van der Waals surface area (Å²) in [6, 6.07) is 9.54. The van der Waals surface area contributed by atoms with E-state index in [-0.39, 0.29) is 22.9 Å². The summed E-state index contributed by atoms with van der Waals surface area (Å²) in [6.07, 6.45) is 4.07. The van der Waals surface area contributed by atoms with E-state index < -0.39 is 10.0 Å². The van der Waals surface area contributed by atoms with Gasteiger partial charge in [0.25, 0.3) is 5.91 Å². The molecule has 28 heavy (non-hydrogen) atoms. The van der Waals surface area contributed by atoms with Crippen LogP contribution < -0.4 is 10.6 Å². The van der Waals surface area contributed by atoms with E-state index in [4.69, 9.17) is 0 Å². The molecule has 0 bridgehead atoms. The number of thioether (sulfide) groups is 1. The molecule has 6 nitrogen and oxygen atoms in total. The second-order valence-electron chi connectivity index (χ2n) is 7.62. The summed E-state index contributed by atoms with van der Waals surface area (Å²) in [7, 11) is -3.43. The van der Waals surface area contributed by atoms with Gasteiger partial charge in [-0.05, 0) is 25.0 Å². The Morgan fingerprint density at radius 1 is 1.36 bits per heavy atom. The van der Waals surface area contributed by atoms with E-state index in [9.17, 15) is 13.2 Å². The lowest BCUT2D eigenvalue weighted by Crippen LogP contribution is -3.00. The molecular formula is C20H30N3O3S2+. The third-order valence-electron chi connectivity index (χ3n) is 5.55. The number of nitrogens with two attached hydrogens (primary N) is 1. The smallest absolute Gasteiger partial charge is 0.279 e. The number of sulfonamides is 1. The molecule has 1 amide bonds. The first-order valence-corrected chi connectivity index (χ1v) is 12.4. The van der Waals surface area contributed by atoms with Gasteiger partial charge in [-0.1, -0.05) is 49.0 Å². The van der Waals surface area contributed by atoms with Crippen molar-refractivity contribution in [1.29, 1.82) is 0 Å². The molecule has 2 heterocycles. The van der Waals surface area contributed by atoms with Crippen molar-refractivity contribution in [1.82, 2.24) is 9.62 Å². The Morgan fingerprint density at radius 3 is 2.68 bits per heavy atom. The van der Waals surface area contributed by atoms with Crippen LogP contribution in [0.1, 0.15) is 38.7 Å². The second-order valence-corrected chi connectivity index (χ2v) is 10.9. The molecule has 1 aromatic rings. The van der Waals surface area contributed by atoms with E-state index in [1.54, 1.807) is 22.1 Å². The fourth-order valence-corrected chi connectivity index (χ4v) is 6.25. The van der Waals surface area contributed by atoms with Gasteiger partial charge in [-0.2, -0.15) is 4.31 Å². The number of amides is 1. The minimum atomic E-state index is -3.43. The molecule has 2 fully saturated rings. The molecule has 0 radical (unpaired) electrons. The van der Waals surface area contributed by atoms with Gasteiger partial charge in [0, 0.05) is 37.4 Å². The van der Waals surface area contributed by atoms with Crippen molar-refractivity contribution in [2.24, 2.45) is 0 Å². The van der Waals surface area contributed by atoms with E-state index >= 15 is 0 Å². The number of nitrogens with zero attached hydrogens (tertiary/aromatic N) is 1. The minimum absolute atomic E-state index is 0.0768. The summed E-state index contributed by atoms with van der Waals surface area (Å²) in [4.78, 5) is 12.3. The highest BCUT2D eigenvalue weighted by molar-refractivity contribution is 8.00. The molecule has 0 aliphatic carbocycles. The molecule has 3 N–H and O–H groups in total. The lowest BCUT2D eigenvalue weighted by molar-refractivity contribution is -0.714. The fraction of sp³-hybridized carbons (Fsp3) is 0.550. The van der Waals surface area contributed by atoms with Crippen LogP contribution in [0.25, 0.3) is 6.08 Å². The normalized spacial score (nSPS) is 23.9. The van der Waals surface area contributed by atoms with Crippen molar-refractivity contribution in [3.8, 4) is 0 Å². The average Bonchev–Trinajstić information content (AvgIpc) is 3.11. The van der Waals surface area contributed by atoms with E-state index in [0.29, 0.717) is 13.1 Å². The number of hydrogen-bond donors (Lipinski definition) is 2. The number of benzene rings is 1. The number of rotatable bonds is 6. The predicted molar refractivity (Wildman–Crippen MR) is 114 cm³/mol. The van der Waals surface area contributed by atoms with Gasteiger partial charge in [-0.3, -0.25) is 4.79 Å². The monoisotopic (exact) mass is 424 g/mol. The highest BCUT2D eigenvalue weighted by Crippen LogP contribution is 2.34. The number of piperidine rings is 1. The second kappa shape index (κ2) is 8.98. The Morgan fingerprint density at radius 2 is 2.04 bits per heavy atom. The first-order valence-electron chi connectivity index (χ1n) is 9.87. The Kier molecular flexibility index (Phi) is 6.85. The fourth-order valence-electron chi connectivity index (χ4n) is 3.57. The molecule has 8 heteroatoms. The topological polar surface area (TPSA) is 83.1 Å². The Labute approximate surface area is 172 Å². The SMILES string of the molecule is CC[C@@H](C)NC(=O)[C@H]1CSC2(CCN(S(=O)(=O)/C=C/c3ccccc3)CC2)[NH2+]1. The van der Waals surface area contributed by atoms with Crippen LogP contribution in [0.15, 0.2) is 35.7 Å². The molecule has 2 saturated heterocycles. The molecule has 3 rings (SSSR count). The largest absolute Gasteiger partial charge is 0.348 e.